The van der Waals surface area contributed by atoms with Crippen molar-refractivity contribution in [2.75, 3.05) is 65.8 Å². The molecular weight excluding hydrogens is 721 g/mol. The molecule has 0 aromatic rings. The Labute approximate surface area is 362 Å². The first kappa shape index (κ1) is 55.3. The monoisotopic (exact) mass is 823 g/mol. The summed E-state index contributed by atoms with van der Waals surface area (Å²) in [5.41, 5.74) is 0. The van der Waals surface area contributed by atoms with Gasteiger partial charge in [-0.3, -0.25) is 14.6 Å². The third-order valence-electron chi connectivity index (χ3n) is 12.7. The van der Waals surface area contributed by atoms with Gasteiger partial charge in [-0.15, -0.1) is 0 Å². The number of aliphatic hydroxyl groups is 1. The first-order valence-electron chi connectivity index (χ1n) is 26.0. The van der Waals surface area contributed by atoms with Crippen molar-refractivity contribution in [3.63, 3.8) is 0 Å². The number of ether oxygens (including phenoxy) is 3. The minimum Gasteiger partial charge on any atom is -0.465 e. The van der Waals surface area contributed by atoms with E-state index in [0.29, 0.717) is 31.6 Å². The Morgan fingerprint density at radius 3 is 1.66 bits per heavy atom. The Balaban J connectivity index is 2.62. The highest BCUT2D eigenvalue weighted by molar-refractivity contribution is 5.69. The second kappa shape index (κ2) is 42.9. The molecule has 2 atom stereocenters. The van der Waals surface area contributed by atoms with Crippen LogP contribution in [0.1, 0.15) is 240 Å². The number of rotatable bonds is 47. The number of carbonyl (C=O) groups is 1. The number of carbonyl (C=O) groups excluding carboxylic acids is 1. The number of aliphatic hydroxyl groups excluding tert-OH is 1. The molecule has 0 aliphatic heterocycles. The maximum atomic E-state index is 12.9. The topological polar surface area (TPSA) is 71.5 Å². The van der Waals surface area contributed by atoms with E-state index in [1.54, 1.807) is 0 Å². The first-order chi connectivity index (χ1) is 28.6. The zero-order valence-corrected chi connectivity index (χ0v) is 39.6. The maximum absolute atomic E-state index is 12.9. The smallest absolute Gasteiger partial charge is 0.305 e. The molecule has 58 heavy (non-hydrogen) atoms. The fourth-order valence-electron chi connectivity index (χ4n) is 8.50. The molecule has 346 valence electrons. The summed E-state index contributed by atoms with van der Waals surface area (Å²) in [5, 5.41) is 9.83. The van der Waals surface area contributed by atoms with E-state index in [-0.39, 0.29) is 18.7 Å². The van der Waals surface area contributed by atoms with Crippen LogP contribution in [-0.2, 0) is 19.0 Å². The number of hydrogen-bond donors (Lipinski definition) is 1. The summed E-state index contributed by atoms with van der Waals surface area (Å²) >= 11 is 0. The fraction of sp³-hybridized carbons (Fsp3) is 0.980. The maximum Gasteiger partial charge on any atom is 0.305 e. The van der Waals surface area contributed by atoms with E-state index in [2.05, 4.69) is 37.5 Å². The van der Waals surface area contributed by atoms with Crippen molar-refractivity contribution >= 4 is 5.97 Å². The van der Waals surface area contributed by atoms with E-state index in [9.17, 15) is 9.90 Å². The van der Waals surface area contributed by atoms with Gasteiger partial charge in [-0.1, -0.05) is 182 Å². The predicted octanol–water partition coefficient (Wildman–Crippen LogP) is 13.5. The zero-order valence-electron chi connectivity index (χ0n) is 39.6. The number of nitrogens with zero attached hydrogens (tertiary/aromatic N) is 2. The van der Waals surface area contributed by atoms with Crippen LogP contribution in [0.25, 0.3) is 0 Å². The second-order valence-corrected chi connectivity index (χ2v) is 18.2. The van der Waals surface area contributed by atoms with Gasteiger partial charge < -0.3 is 19.3 Å². The molecule has 7 nitrogen and oxygen atoms in total. The lowest BCUT2D eigenvalue weighted by atomic mass is 9.91. The van der Waals surface area contributed by atoms with E-state index in [4.69, 9.17) is 14.2 Å². The molecule has 0 radical (unpaired) electrons. The molecule has 1 aliphatic rings. The van der Waals surface area contributed by atoms with Crippen LogP contribution in [0.2, 0.25) is 0 Å². The average molecular weight is 823 g/mol. The molecule has 0 aromatic carbocycles. The van der Waals surface area contributed by atoms with Crippen LogP contribution >= 0.6 is 0 Å². The van der Waals surface area contributed by atoms with E-state index in [1.807, 2.05) is 0 Å². The second-order valence-electron chi connectivity index (χ2n) is 18.2. The van der Waals surface area contributed by atoms with E-state index in [0.717, 1.165) is 78.0 Å². The first-order valence-corrected chi connectivity index (χ1v) is 26.0. The molecule has 1 aliphatic carbocycles. The highest BCUT2D eigenvalue weighted by Gasteiger charge is 2.25. The number of unbranched alkanes of at least 4 members (excludes halogenated alkanes) is 22. The predicted molar refractivity (Wildman–Crippen MR) is 249 cm³/mol. The van der Waals surface area contributed by atoms with Crippen molar-refractivity contribution in [3.8, 4) is 0 Å². The molecule has 0 amide bonds. The zero-order chi connectivity index (χ0) is 42.0. The van der Waals surface area contributed by atoms with Crippen LogP contribution in [-0.4, -0.2) is 98.8 Å². The van der Waals surface area contributed by atoms with Crippen molar-refractivity contribution in [2.24, 2.45) is 5.92 Å². The third-order valence-corrected chi connectivity index (χ3v) is 12.7. The molecule has 0 spiro atoms. The summed E-state index contributed by atoms with van der Waals surface area (Å²) in [6, 6.07) is 0.622. The summed E-state index contributed by atoms with van der Waals surface area (Å²) in [7, 11) is 0. The minimum atomic E-state index is -0.00500. The van der Waals surface area contributed by atoms with Gasteiger partial charge in [0.25, 0.3) is 0 Å². The van der Waals surface area contributed by atoms with Crippen molar-refractivity contribution in [2.45, 2.75) is 252 Å². The summed E-state index contributed by atoms with van der Waals surface area (Å²) in [5.74, 6) is 0.515. The molecule has 0 aromatic heterocycles. The Morgan fingerprint density at radius 1 is 0.569 bits per heavy atom. The van der Waals surface area contributed by atoms with Gasteiger partial charge in [0.2, 0.25) is 0 Å². The molecule has 1 fully saturated rings. The quantitative estimate of drug-likeness (QED) is 0.0484. The van der Waals surface area contributed by atoms with Crippen LogP contribution in [0.3, 0.4) is 0 Å². The average Bonchev–Trinajstić information content (AvgIpc) is 3.20. The van der Waals surface area contributed by atoms with Gasteiger partial charge in [-0.25, -0.2) is 0 Å². The summed E-state index contributed by atoms with van der Waals surface area (Å²) in [4.78, 5) is 18.0. The Morgan fingerprint density at radius 2 is 1.09 bits per heavy atom. The lowest BCUT2D eigenvalue weighted by molar-refractivity contribution is -0.145. The van der Waals surface area contributed by atoms with Crippen LogP contribution in [0.5, 0.6) is 0 Å². The van der Waals surface area contributed by atoms with Crippen LogP contribution < -0.4 is 0 Å². The Hall–Kier alpha value is -0.730. The fourth-order valence-corrected chi connectivity index (χ4v) is 8.50. The van der Waals surface area contributed by atoms with Gasteiger partial charge in [-0.05, 0) is 63.8 Å². The minimum absolute atomic E-state index is 0.00500. The normalized spacial score (nSPS) is 14.4. The van der Waals surface area contributed by atoms with Crippen molar-refractivity contribution in [1.82, 2.24) is 9.80 Å². The number of hydrogen-bond acceptors (Lipinski definition) is 7. The SMILES string of the molecule is CCCCCCCCCCCCOCC(CN(CCCCCC(=O)OCC(CCCCCC)CCCCCCCC)CCN(CCO)C1CCC1)OCCCCCC. The van der Waals surface area contributed by atoms with Crippen molar-refractivity contribution in [1.29, 1.82) is 0 Å². The lowest BCUT2D eigenvalue weighted by Crippen LogP contribution is -2.47. The van der Waals surface area contributed by atoms with Crippen LogP contribution in [0, 0.1) is 5.92 Å². The van der Waals surface area contributed by atoms with Crippen LogP contribution in [0.4, 0.5) is 0 Å². The van der Waals surface area contributed by atoms with Crippen molar-refractivity contribution in [3.05, 3.63) is 0 Å². The number of esters is 1. The molecule has 1 saturated carbocycles. The summed E-state index contributed by atoms with van der Waals surface area (Å²) < 4.78 is 18.8. The van der Waals surface area contributed by atoms with E-state index >= 15 is 0 Å². The molecule has 0 heterocycles. The highest BCUT2D eigenvalue weighted by Crippen LogP contribution is 2.25. The molecule has 0 saturated heterocycles. The van der Waals surface area contributed by atoms with Crippen LogP contribution in [0.15, 0.2) is 0 Å². The summed E-state index contributed by atoms with van der Waals surface area (Å²) in [6.07, 6.45) is 41.1. The molecule has 1 rings (SSSR count). The van der Waals surface area contributed by atoms with Gasteiger partial charge in [0, 0.05) is 51.9 Å². The van der Waals surface area contributed by atoms with Gasteiger partial charge in [0.05, 0.1) is 25.9 Å². The van der Waals surface area contributed by atoms with E-state index in [1.165, 1.54) is 173 Å². The molecule has 2 unspecified atom stereocenters. The lowest BCUT2D eigenvalue weighted by Gasteiger charge is -2.38. The standard InChI is InChI=1S/C51H102N2O5/c1-5-9-13-17-19-20-21-22-24-30-43-56-47-50(57-44-31-16-12-8-4)45-52(39-40-53(41-42-54)49-35-32-36-49)38-29-25-28-37-51(55)58-46-48(33-26-15-11-7-3)34-27-23-18-14-10-6-2/h48-50,54H,5-47H2,1-4H3. The third kappa shape index (κ3) is 33.9. The van der Waals surface area contributed by atoms with Gasteiger partial charge in [0.1, 0.15) is 0 Å². The van der Waals surface area contributed by atoms with Gasteiger partial charge >= 0.3 is 5.97 Å². The van der Waals surface area contributed by atoms with Gasteiger partial charge in [-0.2, -0.15) is 0 Å². The Bertz CT molecular complexity index is 842. The van der Waals surface area contributed by atoms with E-state index < -0.39 is 0 Å². The molecule has 1 N–H and O–H groups in total. The summed E-state index contributed by atoms with van der Waals surface area (Å²) in [6.45, 7) is 16.8. The Kier molecular flexibility index (Phi) is 40.9. The molecular formula is C51H102N2O5. The largest absolute Gasteiger partial charge is 0.465 e. The van der Waals surface area contributed by atoms with Gasteiger partial charge in [0.15, 0.2) is 0 Å². The molecule has 0 bridgehead atoms. The van der Waals surface area contributed by atoms with Crippen molar-refractivity contribution < 1.29 is 24.1 Å². The molecule has 7 heteroatoms. The highest BCUT2D eigenvalue weighted by atomic mass is 16.5.